The van der Waals surface area contributed by atoms with Crippen LogP contribution in [-0.2, 0) is 13.1 Å². The molecule has 0 unspecified atom stereocenters. The smallest absolute Gasteiger partial charge is 0.272 e. The number of fused-ring (bicyclic) bond motifs is 1. The minimum Gasteiger partial charge on any atom is -0.385 e. The molecule has 21 heavy (non-hydrogen) atoms. The third-order valence-corrected chi connectivity index (χ3v) is 3.59. The van der Waals surface area contributed by atoms with Crippen molar-refractivity contribution < 1.29 is 4.79 Å². The largest absolute Gasteiger partial charge is 0.385 e. The molecule has 3 rings (SSSR count). The molecule has 1 N–H and O–H groups in total. The molecule has 2 aromatic heterocycles. The van der Waals surface area contributed by atoms with Crippen molar-refractivity contribution in [3.8, 4) is 0 Å². The zero-order chi connectivity index (χ0) is 14.7. The summed E-state index contributed by atoms with van der Waals surface area (Å²) in [7, 11) is 0. The van der Waals surface area contributed by atoms with E-state index in [1.54, 1.807) is 17.3 Å². The van der Waals surface area contributed by atoms with Crippen LogP contribution in [0.1, 0.15) is 29.7 Å². The van der Waals surface area contributed by atoms with Crippen LogP contribution in [0.5, 0.6) is 0 Å². The third kappa shape index (κ3) is 2.89. The maximum atomic E-state index is 12.6. The van der Waals surface area contributed by atoms with Crippen molar-refractivity contribution in [1.82, 2.24) is 19.4 Å². The van der Waals surface area contributed by atoms with Crippen LogP contribution in [0.4, 0.5) is 5.69 Å². The second-order valence-corrected chi connectivity index (χ2v) is 5.12. The number of hydrogen-bond acceptors (Lipinski definition) is 4. The molecule has 6 heteroatoms. The van der Waals surface area contributed by atoms with Gasteiger partial charge in [-0.2, -0.15) is 0 Å². The SMILES string of the molecule is CCCNc1ccnc(C(=O)N2CCn3ccnc3C2)c1. The van der Waals surface area contributed by atoms with E-state index < -0.39 is 0 Å². The first kappa shape index (κ1) is 13.6. The fourth-order valence-corrected chi connectivity index (χ4v) is 2.44. The third-order valence-electron chi connectivity index (χ3n) is 3.59. The van der Waals surface area contributed by atoms with Crippen molar-refractivity contribution in [3.63, 3.8) is 0 Å². The zero-order valence-electron chi connectivity index (χ0n) is 12.1. The lowest BCUT2D eigenvalue weighted by atomic mass is 10.2. The Hall–Kier alpha value is -2.37. The summed E-state index contributed by atoms with van der Waals surface area (Å²) < 4.78 is 2.08. The molecule has 0 radical (unpaired) electrons. The van der Waals surface area contributed by atoms with Gasteiger partial charge in [0.2, 0.25) is 0 Å². The summed E-state index contributed by atoms with van der Waals surface area (Å²) >= 11 is 0. The van der Waals surface area contributed by atoms with Crippen LogP contribution in [0.25, 0.3) is 0 Å². The van der Waals surface area contributed by atoms with Gasteiger partial charge in [0.25, 0.3) is 5.91 Å². The molecule has 0 fully saturated rings. The fraction of sp³-hybridized carbons (Fsp3) is 0.400. The van der Waals surface area contributed by atoms with E-state index in [9.17, 15) is 4.79 Å². The average molecular weight is 285 g/mol. The number of carbonyl (C=O) groups is 1. The number of aromatic nitrogens is 3. The number of amides is 1. The molecule has 0 aliphatic carbocycles. The lowest BCUT2D eigenvalue weighted by Crippen LogP contribution is -2.38. The molecular weight excluding hydrogens is 266 g/mol. The summed E-state index contributed by atoms with van der Waals surface area (Å²) in [5.74, 6) is 0.888. The number of imidazole rings is 1. The van der Waals surface area contributed by atoms with Crippen LogP contribution >= 0.6 is 0 Å². The van der Waals surface area contributed by atoms with Gasteiger partial charge in [-0.1, -0.05) is 6.92 Å². The number of rotatable bonds is 4. The molecule has 3 heterocycles. The Balaban J connectivity index is 1.73. The maximum Gasteiger partial charge on any atom is 0.272 e. The molecule has 0 atom stereocenters. The van der Waals surface area contributed by atoms with E-state index >= 15 is 0 Å². The molecule has 110 valence electrons. The molecule has 0 saturated heterocycles. The standard InChI is InChI=1S/C15H19N5O/c1-2-4-16-12-3-5-17-13(10-12)15(21)20-9-8-19-7-6-18-14(19)11-20/h3,5-7,10H,2,4,8-9,11H2,1H3,(H,16,17). The highest BCUT2D eigenvalue weighted by Gasteiger charge is 2.23. The van der Waals surface area contributed by atoms with E-state index in [1.807, 2.05) is 18.3 Å². The van der Waals surface area contributed by atoms with Crippen LogP contribution in [0.2, 0.25) is 0 Å². The summed E-state index contributed by atoms with van der Waals surface area (Å²) in [6, 6.07) is 3.70. The van der Waals surface area contributed by atoms with Gasteiger partial charge in [-0.3, -0.25) is 9.78 Å². The molecule has 1 aliphatic rings. The first-order valence-electron chi connectivity index (χ1n) is 7.27. The highest BCUT2D eigenvalue weighted by atomic mass is 16.2. The Morgan fingerprint density at radius 2 is 2.24 bits per heavy atom. The van der Waals surface area contributed by atoms with Gasteiger partial charge in [0.05, 0.1) is 6.54 Å². The summed E-state index contributed by atoms with van der Waals surface area (Å²) in [6.07, 6.45) is 6.44. The van der Waals surface area contributed by atoms with Crippen LogP contribution < -0.4 is 5.32 Å². The summed E-state index contributed by atoms with van der Waals surface area (Å²) in [6.45, 7) is 5.01. The van der Waals surface area contributed by atoms with Crippen molar-refractivity contribution >= 4 is 11.6 Å². The van der Waals surface area contributed by atoms with Gasteiger partial charge in [0.15, 0.2) is 0 Å². The minimum absolute atomic E-state index is 0.0376. The Morgan fingerprint density at radius 3 is 3.10 bits per heavy atom. The second-order valence-electron chi connectivity index (χ2n) is 5.12. The van der Waals surface area contributed by atoms with Gasteiger partial charge in [0, 0.05) is 43.9 Å². The van der Waals surface area contributed by atoms with Crippen LogP contribution in [0, 0.1) is 0 Å². The van der Waals surface area contributed by atoms with Gasteiger partial charge >= 0.3 is 0 Å². The van der Waals surface area contributed by atoms with Crippen LogP contribution in [0.3, 0.4) is 0 Å². The summed E-state index contributed by atoms with van der Waals surface area (Å²) in [4.78, 5) is 22.8. The predicted molar refractivity (Wildman–Crippen MR) is 80.0 cm³/mol. The van der Waals surface area contributed by atoms with E-state index in [2.05, 4.69) is 26.8 Å². The number of carbonyl (C=O) groups excluding carboxylic acids is 1. The topological polar surface area (TPSA) is 63.1 Å². The lowest BCUT2D eigenvalue weighted by molar-refractivity contribution is 0.0701. The Bertz CT molecular complexity index is 636. The Morgan fingerprint density at radius 1 is 1.33 bits per heavy atom. The van der Waals surface area contributed by atoms with Crippen LogP contribution in [-0.4, -0.2) is 38.4 Å². The van der Waals surface area contributed by atoms with E-state index in [1.165, 1.54) is 0 Å². The maximum absolute atomic E-state index is 12.6. The monoisotopic (exact) mass is 285 g/mol. The zero-order valence-corrected chi connectivity index (χ0v) is 12.1. The van der Waals surface area contributed by atoms with Gasteiger partial charge in [-0.05, 0) is 18.6 Å². The molecule has 2 aromatic rings. The Kier molecular flexibility index (Phi) is 3.85. The summed E-state index contributed by atoms with van der Waals surface area (Å²) in [5.41, 5.74) is 1.42. The highest BCUT2D eigenvalue weighted by Crippen LogP contribution is 2.15. The van der Waals surface area contributed by atoms with Crippen molar-refractivity contribution in [1.29, 1.82) is 0 Å². The van der Waals surface area contributed by atoms with Crippen molar-refractivity contribution in [2.24, 2.45) is 0 Å². The first-order valence-corrected chi connectivity index (χ1v) is 7.27. The predicted octanol–water partition coefficient (Wildman–Crippen LogP) is 1.76. The quantitative estimate of drug-likeness (QED) is 0.929. The molecule has 0 bridgehead atoms. The highest BCUT2D eigenvalue weighted by molar-refractivity contribution is 5.93. The molecule has 0 aromatic carbocycles. The molecule has 1 amide bonds. The molecular formula is C15H19N5O. The van der Waals surface area contributed by atoms with Gasteiger partial charge in [-0.15, -0.1) is 0 Å². The average Bonchev–Trinajstić information content (AvgIpc) is 3.00. The minimum atomic E-state index is -0.0376. The van der Waals surface area contributed by atoms with Gasteiger partial charge in [-0.25, -0.2) is 4.98 Å². The molecule has 6 nitrogen and oxygen atoms in total. The van der Waals surface area contributed by atoms with Gasteiger partial charge < -0.3 is 14.8 Å². The van der Waals surface area contributed by atoms with Crippen molar-refractivity contribution in [3.05, 3.63) is 42.2 Å². The van der Waals surface area contributed by atoms with E-state index in [-0.39, 0.29) is 5.91 Å². The van der Waals surface area contributed by atoms with Gasteiger partial charge in [0.1, 0.15) is 11.5 Å². The number of hydrogen-bond donors (Lipinski definition) is 1. The molecule has 0 saturated carbocycles. The normalized spacial score (nSPS) is 13.9. The van der Waals surface area contributed by atoms with E-state index in [4.69, 9.17) is 0 Å². The van der Waals surface area contributed by atoms with E-state index in [0.717, 1.165) is 31.0 Å². The number of anilines is 1. The van der Waals surface area contributed by atoms with Crippen molar-refractivity contribution in [2.45, 2.75) is 26.4 Å². The number of nitrogens with one attached hydrogen (secondary N) is 1. The van der Waals surface area contributed by atoms with Crippen LogP contribution in [0.15, 0.2) is 30.7 Å². The second kappa shape index (κ2) is 5.95. The number of pyridine rings is 1. The van der Waals surface area contributed by atoms with E-state index in [0.29, 0.717) is 18.8 Å². The summed E-state index contributed by atoms with van der Waals surface area (Å²) in [5, 5.41) is 3.28. The lowest BCUT2D eigenvalue weighted by Gasteiger charge is -2.27. The fourth-order valence-electron chi connectivity index (χ4n) is 2.44. The van der Waals surface area contributed by atoms with Crippen molar-refractivity contribution in [2.75, 3.05) is 18.4 Å². The number of nitrogens with zero attached hydrogens (tertiary/aromatic N) is 4. The molecule has 1 aliphatic heterocycles. The molecule has 0 spiro atoms. The Labute approximate surface area is 123 Å². The first-order chi connectivity index (χ1) is 10.3.